The molecule has 0 spiro atoms. The molecule has 0 aliphatic rings. The van der Waals surface area contributed by atoms with E-state index in [1.165, 1.54) is 5.56 Å². The van der Waals surface area contributed by atoms with E-state index in [-0.39, 0.29) is 0 Å². The van der Waals surface area contributed by atoms with Crippen LogP contribution in [0.3, 0.4) is 0 Å². The zero-order valence-electron chi connectivity index (χ0n) is 10.4. The van der Waals surface area contributed by atoms with Crippen molar-refractivity contribution < 1.29 is 0 Å². The highest BCUT2D eigenvalue weighted by molar-refractivity contribution is 5.16. The Kier molecular flexibility index (Phi) is 3.94. The Morgan fingerprint density at radius 1 is 1.24 bits per heavy atom. The van der Waals surface area contributed by atoms with Crippen LogP contribution in [-0.4, -0.2) is 22.6 Å². The first-order chi connectivity index (χ1) is 8.29. The standard InChI is InChI=1S/C14H19N3/c1-15-13(10-12-6-4-3-5-7-12)11-14-16-8-9-17(14)2/h3-9,13,15H,10-11H2,1-2H3. The second-order valence-electron chi connectivity index (χ2n) is 4.33. The Hall–Kier alpha value is -1.61. The number of hydrogen-bond donors (Lipinski definition) is 1. The van der Waals surface area contributed by atoms with Crippen LogP contribution < -0.4 is 5.32 Å². The highest BCUT2D eigenvalue weighted by atomic mass is 15.0. The molecule has 1 aromatic carbocycles. The van der Waals surface area contributed by atoms with Gasteiger partial charge >= 0.3 is 0 Å². The molecule has 90 valence electrons. The van der Waals surface area contributed by atoms with Crippen LogP contribution >= 0.6 is 0 Å². The van der Waals surface area contributed by atoms with Gasteiger partial charge in [-0.15, -0.1) is 0 Å². The summed E-state index contributed by atoms with van der Waals surface area (Å²) in [6.45, 7) is 0. The lowest BCUT2D eigenvalue weighted by Gasteiger charge is -2.16. The summed E-state index contributed by atoms with van der Waals surface area (Å²) < 4.78 is 2.08. The van der Waals surface area contributed by atoms with Crippen molar-refractivity contribution in [2.75, 3.05) is 7.05 Å². The number of nitrogens with zero attached hydrogens (tertiary/aromatic N) is 2. The average Bonchev–Trinajstić information content (AvgIpc) is 2.75. The highest BCUT2D eigenvalue weighted by Crippen LogP contribution is 2.07. The molecule has 1 unspecified atom stereocenters. The number of aryl methyl sites for hydroxylation is 1. The molecule has 17 heavy (non-hydrogen) atoms. The van der Waals surface area contributed by atoms with Crippen LogP contribution in [0.2, 0.25) is 0 Å². The summed E-state index contributed by atoms with van der Waals surface area (Å²) in [5.41, 5.74) is 1.36. The van der Waals surface area contributed by atoms with E-state index in [0.717, 1.165) is 18.7 Å². The molecular weight excluding hydrogens is 210 g/mol. The van der Waals surface area contributed by atoms with Gasteiger partial charge in [-0.05, 0) is 19.0 Å². The molecule has 0 saturated carbocycles. The molecule has 1 N–H and O–H groups in total. The van der Waals surface area contributed by atoms with Gasteiger partial charge < -0.3 is 9.88 Å². The Morgan fingerprint density at radius 3 is 2.59 bits per heavy atom. The van der Waals surface area contributed by atoms with Crippen molar-refractivity contribution in [3.05, 3.63) is 54.1 Å². The molecule has 2 aromatic rings. The van der Waals surface area contributed by atoms with Crippen LogP contribution in [0.25, 0.3) is 0 Å². The number of benzene rings is 1. The van der Waals surface area contributed by atoms with Gasteiger partial charge in [-0.3, -0.25) is 0 Å². The second kappa shape index (κ2) is 5.64. The van der Waals surface area contributed by atoms with Gasteiger partial charge in [0.1, 0.15) is 5.82 Å². The van der Waals surface area contributed by atoms with Crippen molar-refractivity contribution in [2.24, 2.45) is 7.05 Å². The first kappa shape index (κ1) is 11.9. The molecule has 0 saturated heterocycles. The van der Waals surface area contributed by atoms with E-state index in [1.54, 1.807) is 0 Å². The fraction of sp³-hybridized carbons (Fsp3) is 0.357. The van der Waals surface area contributed by atoms with Crippen LogP contribution in [0.1, 0.15) is 11.4 Å². The molecule has 1 aromatic heterocycles. The summed E-state index contributed by atoms with van der Waals surface area (Å²) in [6, 6.07) is 11.0. The predicted octanol–water partition coefficient (Wildman–Crippen LogP) is 1.79. The number of imidazole rings is 1. The maximum Gasteiger partial charge on any atom is 0.109 e. The van der Waals surface area contributed by atoms with E-state index in [1.807, 2.05) is 26.5 Å². The van der Waals surface area contributed by atoms with Gasteiger partial charge in [0, 0.05) is 31.9 Å². The van der Waals surface area contributed by atoms with Crippen molar-refractivity contribution in [1.82, 2.24) is 14.9 Å². The molecule has 0 fully saturated rings. The third-order valence-corrected chi connectivity index (χ3v) is 3.08. The fourth-order valence-electron chi connectivity index (χ4n) is 1.99. The van der Waals surface area contributed by atoms with E-state index in [9.17, 15) is 0 Å². The summed E-state index contributed by atoms with van der Waals surface area (Å²) in [6.07, 6.45) is 5.83. The van der Waals surface area contributed by atoms with Gasteiger partial charge in [-0.25, -0.2) is 4.98 Å². The number of aromatic nitrogens is 2. The summed E-state index contributed by atoms with van der Waals surface area (Å²) in [5.74, 6) is 1.13. The minimum absolute atomic E-state index is 0.429. The van der Waals surface area contributed by atoms with Crippen molar-refractivity contribution in [3.8, 4) is 0 Å². The largest absolute Gasteiger partial charge is 0.338 e. The third kappa shape index (κ3) is 3.17. The van der Waals surface area contributed by atoms with Crippen LogP contribution in [-0.2, 0) is 19.9 Å². The van der Waals surface area contributed by atoms with Crippen molar-refractivity contribution in [1.29, 1.82) is 0 Å². The summed E-state index contributed by atoms with van der Waals surface area (Å²) in [7, 11) is 4.05. The fourth-order valence-corrected chi connectivity index (χ4v) is 1.99. The molecular formula is C14H19N3. The minimum atomic E-state index is 0.429. The van der Waals surface area contributed by atoms with E-state index in [0.29, 0.717) is 6.04 Å². The summed E-state index contributed by atoms with van der Waals surface area (Å²) >= 11 is 0. The molecule has 0 aliphatic carbocycles. The number of hydrogen-bond acceptors (Lipinski definition) is 2. The Bertz CT molecular complexity index is 448. The van der Waals surface area contributed by atoms with Crippen LogP contribution in [0, 0.1) is 0 Å². The summed E-state index contributed by atoms with van der Waals surface area (Å²) in [4.78, 5) is 4.37. The molecule has 2 rings (SSSR count). The number of nitrogens with one attached hydrogen (secondary N) is 1. The zero-order valence-corrected chi connectivity index (χ0v) is 10.4. The van der Waals surface area contributed by atoms with Gasteiger partial charge in [-0.2, -0.15) is 0 Å². The van der Waals surface area contributed by atoms with Gasteiger partial charge in [0.25, 0.3) is 0 Å². The SMILES string of the molecule is CNC(Cc1ccccc1)Cc1nccn1C. The quantitative estimate of drug-likeness (QED) is 0.847. The normalized spacial score (nSPS) is 12.6. The lowest BCUT2D eigenvalue weighted by molar-refractivity contribution is 0.534. The molecule has 1 heterocycles. The maximum absolute atomic E-state index is 4.37. The van der Waals surface area contributed by atoms with E-state index < -0.39 is 0 Å². The predicted molar refractivity (Wildman–Crippen MR) is 69.9 cm³/mol. The lowest BCUT2D eigenvalue weighted by atomic mass is 10.0. The Morgan fingerprint density at radius 2 is 2.00 bits per heavy atom. The maximum atomic E-state index is 4.37. The Labute approximate surface area is 103 Å². The first-order valence-corrected chi connectivity index (χ1v) is 5.97. The monoisotopic (exact) mass is 229 g/mol. The van der Waals surface area contributed by atoms with Gasteiger partial charge in [-0.1, -0.05) is 30.3 Å². The molecule has 3 heteroatoms. The average molecular weight is 229 g/mol. The molecule has 3 nitrogen and oxygen atoms in total. The second-order valence-corrected chi connectivity index (χ2v) is 4.33. The topological polar surface area (TPSA) is 29.9 Å². The smallest absolute Gasteiger partial charge is 0.109 e. The van der Waals surface area contributed by atoms with Crippen molar-refractivity contribution in [3.63, 3.8) is 0 Å². The van der Waals surface area contributed by atoms with E-state index >= 15 is 0 Å². The Balaban J connectivity index is 2.00. The van der Waals surface area contributed by atoms with Crippen molar-refractivity contribution in [2.45, 2.75) is 18.9 Å². The molecule has 0 radical (unpaired) electrons. The minimum Gasteiger partial charge on any atom is -0.338 e. The van der Waals surface area contributed by atoms with Gasteiger partial charge in [0.05, 0.1) is 0 Å². The van der Waals surface area contributed by atoms with Gasteiger partial charge in [0.15, 0.2) is 0 Å². The van der Waals surface area contributed by atoms with E-state index in [4.69, 9.17) is 0 Å². The van der Waals surface area contributed by atoms with Gasteiger partial charge in [0.2, 0.25) is 0 Å². The lowest BCUT2D eigenvalue weighted by Crippen LogP contribution is -2.30. The van der Waals surface area contributed by atoms with E-state index in [2.05, 4.69) is 45.2 Å². The third-order valence-electron chi connectivity index (χ3n) is 3.08. The van der Waals surface area contributed by atoms with Crippen molar-refractivity contribution >= 4 is 0 Å². The molecule has 0 aliphatic heterocycles. The highest BCUT2D eigenvalue weighted by Gasteiger charge is 2.10. The number of rotatable bonds is 5. The molecule has 1 atom stereocenters. The van der Waals surface area contributed by atoms with Crippen LogP contribution in [0.4, 0.5) is 0 Å². The first-order valence-electron chi connectivity index (χ1n) is 5.97. The van der Waals surface area contributed by atoms with Crippen LogP contribution in [0.15, 0.2) is 42.7 Å². The van der Waals surface area contributed by atoms with Crippen LogP contribution in [0.5, 0.6) is 0 Å². The zero-order chi connectivity index (χ0) is 12.1. The number of likely N-dealkylation sites (N-methyl/N-ethyl adjacent to an activating group) is 1. The molecule has 0 amide bonds. The molecule has 0 bridgehead atoms. The summed E-state index contributed by atoms with van der Waals surface area (Å²) in [5, 5.41) is 3.36.